The molecule has 0 aliphatic heterocycles. The second kappa shape index (κ2) is 7.95. The van der Waals surface area contributed by atoms with Crippen molar-refractivity contribution in [3.8, 4) is 0 Å². The van der Waals surface area contributed by atoms with E-state index in [4.69, 9.17) is 0 Å². The van der Waals surface area contributed by atoms with Gasteiger partial charge in [0.2, 0.25) is 5.12 Å². The molecular weight excluding hydrogens is 316 g/mol. The Morgan fingerprint density at radius 2 is 1.17 bits per heavy atom. The Balaban J connectivity index is 1.92. The number of hydrogen-bond donors (Lipinski definition) is 1. The lowest BCUT2D eigenvalue weighted by molar-refractivity contribution is -0.114. The number of rotatable bonds is 5. The van der Waals surface area contributed by atoms with Crippen LogP contribution in [0.1, 0.15) is 23.1 Å². The average molecular weight is 334 g/mol. The maximum absolute atomic E-state index is 12.9. The molecule has 0 amide bonds. The third-order valence-corrected chi connectivity index (χ3v) is 4.79. The molecule has 0 saturated carbocycles. The van der Waals surface area contributed by atoms with Crippen molar-refractivity contribution in [1.82, 2.24) is 0 Å². The van der Waals surface area contributed by atoms with E-state index in [1.807, 2.05) is 91.0 Å². The van der Waals surface area contributed by atoms with Gasteiger partial charge in [-0.1, -0.05) is 90.6 Å². The van der Waals surface area contributed by atoms with Crippen LogP contribution < -0.4 is 0 Å². The summed E-state index contributed by atoms with van der Waals surface area (Å²) in [6.07, 6.45) is -0.877. The molecule has 24 heavy (non-hydrogen) atoms. The van der Waals surface area contributed by atoms with Gasteiger partial charge in [-0.25, -0.2) is 0 Å². The van der Waals surface area contributed by atoms with Gasteiger partial charge < -0.3 is 5.11 Å². The molecule has 0 aromatic heterocycles. The predicted molar refractivity (Wildman–Crippen MR) is 97.9 cm³/mol. The van der Waals surface area contributed by atoms with Gasteiger partial charge in [-0.05, 0) is 23.3 Å². The standard InChI is InChI=1S/C21H18O2S/c22-20(17-12-6-2-7-13-17)19(16-10-4-1-5-11-16)21(23)24-18-14-8-3-9-15-18/h1-15,19-20,22H. The number of hydrogen-bond acceptors (Lipinski definition) is 3. The van der Waals surface area contributed by atoms with Crippen LogP contribution in [0.25, 0.3) is 0 Å². The summed E-state index contributed by atoms with van der Waals surface area (Å²) in [5.41, 5.74) is 1.57. The molecule has 0 heterocycles. The van der Waals surface area contributed by atoms with E-state index in [2.05, 4.69) is 0 Å². The molecule has 2 unspecified atom stereocenters. The molecule has 2 atom stereocenters. The number of thioether (sulfide) groups is 1. The van der Waals surface area contributed by atoms with Gasteiger partial charge >= 0.3 is 0 Å². The molecule has 0 bridgehead atoms. The van der Waals surface area contributed by atoms with Gasteiger partial charge in [0.15, 0.2) is 0 Å². The highest BCUT2D eigenvalue weighted by atomic mass is 32.2. The molecule has 120 valence electrons. The number of aliphatic hydroxyl groups is 1. The van der Waals surface area contributed by atoms with E-state index in [1.54, 1.807) is 0 Å². The number of aliphatic hydroxyl groups excluding tert-OH is 1. The van der Waals surface area contributed by atoms with E-state index >= 15 is 0 Å². The van der Waals surface area contributed by atoms with Crippen LogP contribution in [0.4, 0.5) is 0 Å². The van der Waals surface area contributed by atoms with Crippen LogP contribution in [-0.4, -0.2) is 10.2 Å². The fraction of sp³-hybridized carbons (Fsp3) is 0.0952. The first kappa shape index (κ1) is 16.5. The van der Waals surface area contributed by atoms with E-state index in [0.29, 0.717) is 0 Å². The molecule has 0 aliphatic rings. The van der Waals surface area contributed by atoms with Crippen LogP contribution >= 0.6 is 11.8 Å². The van der Waals surface area contributed by atoms with Crippen molar-refractivity contribution in [3.63, 3.8) is 0 Å². The third kappa shape index (κ3) is 3.94. The van der Waals surface area contributed by atoms with E-state index in [9.17, 15) is 9.90 Å². The summed E-state index contributed by atoms with van der Waals surface area (Å²) >= 11 is 1.17. The van der Waals surface area contributed by atoms with Crippen molar-refractivity contribution >= 4 is 16.9 Å². The fourth-order valence-electron chi connectivity index (χ4n) is 2.62. The zero-order valence-electron chi connectivity index (χ0n) is 13.1. The number of carbonyl (C=O) groups is 1. The Kier molecular flexibility index (Phi) is 5.47. The predicted octanol–water partition coefficient (Wildman–Crippen LogP) is 4.82. The van der Waals surface area contributed by atoms with Crippen LogP contribution in [0.5, 0.6) is 0 Å². The SMILES string of the molecule is O=C(Sc1ccccc1)C(c1ccccc1)C(O)c1ccccc1. The average Bonchev–Trinajstić information content (AvgIpc) is 2.64. The van der Waals surface area contributed by atoms with Gasteiger partial charge in [0.05, 0.1) is 12.0 Å². The smallest absolute Gasteiger partial charge is 0.204 e. The van der Waals surface area contributed by atoms with Gasteiger partial charge in [0.25, 0.3) is 0 Å². The van der Waals surface area contributed by atoms with Crippen LogP contribution in [0.3, 0.4) is 0 Å². The van der Waals surface area contributed by atoms with Crippen molar-refractivity contribution in [1.29, 1.82) is 0 Å². The maximum atomic E-state index is 12.9. The zero-order valence-corrected chi connectivity index (χ0v) is 13.9. The summed E-state index contributed by atoms with van der Waals surface area (Å²) in [6.45, 7) is 0. The second-order valence-electron chi connectivity index (χ2n) is 5.48. The third-order valence-electron chi connectivity index (χ3n) is 3.83. The first-order valence-electron chi connectivity index (χ1n) is 7.80. The summed E-state index contributed by atoms with van der Waals surface area (Å²) in [5, 5.41) is 10.8. The van der Waals surface area contributed by atoms with Crippen LogP contribution in [0.2, 0.25) is 0 Å². The van der Waals surface area contributed by atoms with Crippen LogP contribution in [0, 0.1) is 0 Å². The molecule has 0 aliphatic carbocycles. The van der Waals surface area contributed by atoms with Crippen molar-refractivity contribution < 1.29 is 9.90 Å². The molecule has 0 radical (unpaired) electrons. The minimum absolute atomic E-state index is 0.0660. The van der Waals surface area contributed by atoms with Gasteiger partial charge in [0, 0.05) is 4.90 Å². The molecule has 3 aromatic carbocycles. The minimum Gasteiger partial charge on any atom is -0.387 e. The normalized spacial score (nSPS) is 13.2. The van der Waals surface area contributed by atoms with E-state index in [0.717, 1.165) is 16.0 Å². The van der Waals surface area contributed by atoms with Crippen molar-refractivity contribution in [3.05, 3.63) is 102 Å². The molecule has 3 rings (SSSR count). The highest BCUT2D eigenvalue weighted by Crippen LogP contribution is 2.37. The monoisotopic (exact) mass is 334 g/mol. The van der Waals surface area contributed by atoms with Gasteiger partial charge in [-0.3, -0.25) is 4.79 Å². The summed E-state index contributed by atoms with van der Waals surface area (Å²) in [4.78, 5) is 13.8. The number of carbonyl (C=O) groups excluding carboxylic acids is 1. The van der Waals surface area contributed by atoms with E-state index < -0.39 is 12.0 Å². The highest BCUT2D eigenvalue weighted by Gasteiger charge is 2.30. The lowest BCUT2D eigenvalue weighted by Gasteiger charge is -2.22. The lowest BCUT2D eigenvalue weighted by atomic mass is 9.90. The summed E-state index contributed by atoms with van der Waals surface area (Å²) in [7, 11) is 0. The molecule has 1 N–H and O–H groups in total. The Morgan fingerprint density at radius 1 is 0.708 bits per heavy atom. The van der Waals surface area contributed by atoms with Gasteiger partial charge in [-0.2, -0.15) is 0 Å². The van der Waals surface area contributed by atoms with Crippen LogP contribution in [0.15, 0.2) is 95.9 Å². The first-order valence-corrected chi connectivity index (χ1v) is 8.62. The second-order valence-corrected chi connectivity index (χ2v) is 6.56. The van der Waals surface area contributed by atoms with Gasteiger partial charge in [0.1, 0.15) is 0 Å². The quantitative estimate of drug-likeness (QED) is 0.680. The lowest BCUT2D eigenvalue weighted by Crippen LogP contribution is -2.18. The van der Waals surface area contributed by atoms with E-state index in [-0.39, 0.29) is 5.12 Å². The molecule has 3 heteroatoms. The number of benzene rings is 3. The summed E-state index contributed by atoms with van der Waals surface area (Å²) < 4.78 is 0. The Bertz CT molecular complexity index is 773. The Hall–Kier alpha value is -2.36. The van der Waals surface area contributed by atoms with Crippen molar-refractivity contribution in [2.75, 3.05) is 0 Å². The highest BCUT2D eigenvalue weighted by molar-refractivity contribution is 8.13. The Morgan fingerprint density at radius 3 is 1.71 bits per heavy atom. The largest absolute Gasteiger partial charge is 0.387 e. The van der Waals surface area contributed by atoms with Gasteiger partial charge in [-0.15, -0.1) is 0 Å². The molecule has 2 nitrogen and oxygen atoms in total. The summed E-state index contributed by atoms with van der Waals surface area (Å²) in [5.74, 6) is -0.612. The Labute approximate surface area is 146 Å². The zero-order chi connectivity index (χ0) is 16.8. The maximum Gasteiger partial charge on any atom is 0.204 e. The molecule has 0 fully saturated rings. The molecule has 0 saturated heterocycles. The van der Waals surface area contributed by atoms with Crippen molar-refractivity contribution in [2.45, 2.75) is 16.9 Å². The molecular formula is C21H18O2S. The fourth-order valence-corrected chi connectivity index (χ4v) is 3.54. The molecule has 0 spiro atoms. The minimum atomic E-state index is -0.877. The van der Waals surface area contributed by atoms with Crippen LogP contribution in [-0.2, 0) is 4.79 Å². The van der Waals surface area contributed by atoms with E-state index in [1.165, 1.54) is 11.8 Å². The van der Waals surface area contributed by atoms with Crippen molar-refractivity contribution in [2.24, 2.45) is 0 Å². The first-order chi connectivity index (χ1) is 11.8. The summed E-state index contributed by atoms with van der Waals surface area (Å²) in [6, 6.07) is 28.3. The molecule has 3 aromatic rings. The topological polar surface area (TPSA) is 37.3 Å².